The summed E-state index contributed by atoms with van der Waals surface area (Å²) in [6, 6.07) is 3.58. The molecule has 0 radical (unpaired) electrons. The Morgan fingerprint density at radius 2 is 2.15 bits per heavy atom. The van der Waals surface area contributed by atoms with Crippen molar-refractivity contribution in [2.24, 2.45) is 5.73 Å². The molecular weight excluding hydrogens is 356 g/mol. The Morgan fingerprint density at radius 1 is 1.35 bits per heavy atom. The van der Waals surface area contributed by atoms with E-state index < -0.39 is 15.7 Å². The third-order valence-corrected chi connectivity index (χ3v) is 6.58. The number of sulfone groups is 1. The minimum atomic E-state index is -3.08. The average Bonchev–Trinajstić information content (AvgIpc) is 3.24. The lowest BCUT2D eigenvalue weighted by Crippen LogP contribution is -2.17. The van der Waals surface area contributed by atoms with Crippen LogP contribution in [-0.2, 0) is 27.5 Å². The molecule has 2 aliphatic rings. The molecule has 2 N–H and O–H groups in total. The van der Waals surface area contributed by atoms with Crippen molar-refractivity contribution in [2.45, 2.75) is 25.3 Å². The summed E-state index contributed by atoms with van der Waals surface area (Å²) in [5, 5.41) is 4.37. The molecule has 138 valence electrons. The van der Waals surface area contributed by atoms with Crippen molar-refractivity contribution in [3.63, 3.8) is 0 Å². The van der Waals surface area contributed by atoms with E-state index in [1.807, 2.05) is 19.2 Å². The van der Waals surface area contributed by atoms with Crippen LogP contribution in [-0.4, -0.2) is 59.2 Å². The lowest BCUT2D eigenvalue weighted by atomic mass is 10.2. The highest BCUT2D eigenvalue weighted by atomic mass is 32.2. The number of pyridine rings is 1. The molecule has 0 bridgehead atoms. The molecule has 2 aliphatic heterocycles. The standard InChI is InChI=1S/C16H20N6O3S/c1-21-6-4-10-2-3-12(18-15(10)21)16-19-14(8-13(17)23)20-22(16)11-5-7-26(24,25)9-11/h2-3,11H,4-9H2,1H3,(H2,17,23). The molecule has 1 unspecified atom stereocenters. The van der Waals surface area contributed by atoms with Crippen LogP contribution in [0, 0.1) is 0 Å². The van der Waals surface area contributed by atoms with E-state index in [1.165, 1.54) is 5.56 Å². The smallest absolute Gasteiger partial charge is 0.225 e. The monoisotopic (exact) mass is 376 g/mol. The first-order chi connectivity index (χ1) is 12.3. The van der Waals surface area contributed by atoms with Crippen LogP contribution in [0.3, 0.4) is 0 Å². The van der Waals surface area contributed by atoms with Gasteiger partial charge in [-0.25, -0.2) is 23.1 Å². The fraction of sp³-hybridized carbons (Fsp3) is 0.500. The van der Waals surface area contributed by atoms with Crippen LogP contribution in [0.15, 0.2) is 12.1 Å². The Balaban J connectivity index is 1.78. The number of fused-ring (bicyclic) bond motifs is 1. The highest BCUT2D eigenvalue weighted by Crippen LogP contribution is 2.31. The minimum absolute atomic E-state index is 0.0181. The highest BCUT2D eigenvalue weighted by Gasteiger charge is 2.33. The van der Waals surface area contributed by atoms with Gasteiger partial charge in [0.25, 0.3) is 0 Å². The molecule has 9 nitrogen and oxygen atoms in total. The lowest BCUT2D eigenvalue weighted by molar-refractivity contribution is -0.117. The van der Waals surface area contributed by atoms with Crippen LogP contribution in [0.25, 0.3) is 11.5 Å². The first kappa shape index (κ1) is 17.0. The van der Waals surface area contributed by atoms with Gasteiger partial charge in [0.2, 0.25) is 5.91 Å². The predicted molar refractivity (Wildman–Crippen MR) is 95.4 cm³/mol. The molecular formula is C16H20N6O3S. The summed E-state index contributed by atoms with van der Waals surface area (Å²) < 4.78 is 25.4. The molecule has 2 aromatic heterocycles. The van der Waals surface area contributed by atoms with Crippen molar-refractivity contribution >= 4 is 21.6 Å². The number of carbonyl (C=O) groups is 1. The van der Waals surface area contributed by atoms with Gasteiger partial charge in [-0.15, -0.1) is 0 Å². The Labute approximate surface area is 151 Å². The second-order valence-electron chi connectivity index (χ2n) is 6.85. The number of anilines is 1. The van der Waals surface area contributed by atoms with Gasteiger partial charge in [0.05, 0.1) is 24.0 Å². The quantitative estimate of drug-likeness (QED) is 0.778. The van der Waals surface area contributed by atoms with Gasteiger partial charge >= 0.3 is 0 Å². The number of amides is 1. The third kappa shape index (κ3) is 3.05. The van der Waals surface area contributed by atoms with Gasteiger partial charge < -0.3 is 10.6 Å². The molecule has 26 heavy (non-hydrogen) atoms. The summed E-state index contributed by atoms with van der Waals surface area (Å²) in [5.74, 6) is 1.27. The molecule has 4 heterocycles. The fourth-order valence-corrected chi connectivity index (χ4v) is 5.21. The maximum atomic E-state index is 11.9. The first-order valence-electron chi connectivity index (χ1n) is 8.48. The number of carbonyl (C=O) groups excluding carboxylic acids is 1. The molecule has 2 aromatic rings. The van der Waals surface area contributed by atoms with E-state index in [0.717, 1.165) is 18.8 Å². The zero-order valence-corrected chi connectivity index (χ0v) is 15.2. The lowest BCUT2D eigenvalue weighted by Gasteiger charge is -2.14. The van der Waals surface area contributed by atoms with Gasteiger partial charge in [-0.3, -0.25) is 4.79 Å². The van der Waals surface area contributed by atoms with Gasteiger partial charge in [0.1, 0.15) is 11.5 Å². The molecule has 4 rings (SSSR count). The van der Waals surface area contributed by atoms with Crippen molar-refractivity contribution < 1.29 is 13.2 Å². The van der Waals surface area contributed by atoms with Crippen LogP contribution < -0.4 is 10.6 Å². The molecule has 0 spiro atoms. The van der Waals surface area contributed by atoms with E-state index >= 15 is 0 Å². The zero-order chi connectivity index (χ0) is 18.5. The molecule has 10 heteroatoms. The van der Waals surface area contributed by atoms with Crippen LogP contribution >= 0.6 is 0 Å². The molecule has 1 fully saturated rings. The topological polar surface area (TPSA) is 124 Å². The molecule has 1 saturated heterocycles. The van der Waals surface area contributed by atoms with Gasteiger partial charge in [0.15, 0.2) is 21.5 Å². The summed E-state index contributed by atoms with van der Waals surface area (Å²) >= 11 is 0. The average molecular weight is 376 g/mol. The number of likely N-dealkylation sites (N-methyl/N-ethyl adjacent to an activating group) is 1. The molecule has 0 saturated carbocycles. The van der Waals surface area contributed by atoms with Gasteiger partial charge in [-0.1, -0.05) is 6.07 Å². The van der Waals surface area contributed by atoms with E-state index in [-0.39, 0.29) is 29.8 Å². The van der Waals surface area contributed by atoms with Crippen LogP contribution in [0.4, 0.5) is 5.82 Å². The van der Waals surface area contributed by atoms with Crippen molar-refractivity contribution in [2.75, 3.05) is 30.0 Å². The maximum Gasteiger partial charge on any atom is 0.225 e. The van der Waals surface area contributed by atoms with Crippen molar-refractivity contribution in [3.05, 3.63) is 23.5 Å². The number of primary amides is 1. The van der Waals surface area contributed by atoms with Crippen LogP contribution in [0.2, 0.25) is 0 Å². The van der Waals surface area contributed by atoms with E-state index in [9.17, 15) is 13.2 Å². The van der Waals surface area contributed by atoms with Crippen LogP contribution in [0.1, 0.15) is 23.9 Å². The van der Waals surface area contributed by atoms with Crippen molar-refractivity contribution in [1.82, 2.24) is 19.7 Å². The summed E-state index contributed by atoms with van der Waals surface area (Å²) in [6.07, 6.45) is 1.32. The predicted octanol–water partition coefficient (Wildman–Crippen LogP) is -0.280. The summed E-state index contributed by atoms with van der Waals surface area (Å²) in [6.45, 7) is 0.909. The van der Waals surface area contributed by atoms with Gasteiger partial charge in [-0.2, -0.15) is 5.10 Å². The third-order valence-electron chi connectivity index (χ3n) is 4.82. The Morgan fingerprint density at radius 3 is 2.85 bits per heavy atom. The number of nitrogens with two attached hydrogens (primary N) is 1. The van der Waals surface area contributed by atoms with Crippen LogP contribution in [0.5, 0.6) is 0 Å². The van der Waals surface area contributed by atoms with E-state index in [1.54, 1.807) is 4.68 Å². The number of hydrogen-bond acceptors (Lipinski definition) is 7. The second kappa shape index (κ2) is 6.04. The molecule has 1 atom stereocenters. The number of hydrogen-bond donors (Lipinski definition) is 1. The minimum Gasteiger partial charge on any atom is -0.369 e. The SMILES string of the molecule is CN1CCc2ccc(-c3nc(CC(N)=O)nn3C3CCS(=O)(=O)C3)nc21. The summed E-state index contributed by atoms with van der Waals surface area (Å²) in [5.41, 5.74) is 7.05. The Bertz CT molecular complexity index is 984. The zero-order valence-electron chi connectivity index (χ0n) is 14.4. The molecule has 0 aliphatic carbocycles. The summed E-state index contributed by atoms with van der Waals surface area (Å²) in [7, 11) is -1.10. The van der Waals surface area contributed by atoms with E-state index in [4.69, 9.17) is 10.7 Å². The molecule has 1 amide bonds. The number of aromatic nitrogens is 4. The number of rotatable bonds is 4. The maximum absolute atomic E-state index is 11.9. The fourth-order valence-electron chi connectivity index (χ4n) is 3.52. The largest absolute Gasteiger partial charge is 0.369 e. The van der Waals surface area contributed by atoms with Gasteiger partial charge in [0, 0.05) is 13.6 Å². The first-order valence-corrected chi connectivity index (χ1v) is 10.3. The van der Waals surface area contributed by atoms with Crippen molar-refractivity contribution in [1.29, 1.82) is 0 Å². The second-order valence-corrected chi connectivity index (χ2v) is 9.08. The normalized spacial score (nSPS) is 21.1. The van der Waals surface area contributed by atoms with Gasteiger partial charge in [-0.05, 0) is 24.5 Å². The highest BCUT2D eigenvalue weighted by molar-refractivity contribution is 7.91. The number of nitrogens with zero attached hydrogens (tertiary/aromatic N) is 5. The van der Waals surface area contributed by atoms with Crippen molar-refractivity contribution in [3.8, 4) is 11.5 Å². The van der Waals surface area contributed by atoms with E-state index in [2.05, 4.69) is 15.0 Å². The summed E-state index contributed by atoms with van der Waals surface area (Å²) in [4.78, 5) is 22.5. The Kier molecular flexibility index (Phi) is 3.94. The molecule has 0 aromatic carbocycles. The Hall–Kier alpha value is -2.49. The van der Waals surface area contributed by atoms with E-state index in [0.29, 0.717) is 17.9 Å².